The van der Waals surface area contributed by atoms with Gasteiger partial charge in [-0.05, 0) is 18.9 Å². The third-order valence-electron chi connectivity index (χ3n) is 3.10. The highest BCUT2D eigenvalue weighted by molar-refractivity contribution is 5.93. The molecular weight excluding hydrogens is 220 g/mol. The van der Waals surface area contributed by atoms with Crippen LogP contribution in [0.15, 0.2) is 27.6 Å². The first-order valence-electron chi connectivity index (χ1n) is 5.82. The number of carbonyl (C=O) groups is 1. The van der Waals surface area contributed by atoms with Crippen molar-refractivity contribution in [1.82, 2.24) is 5.32 Å². The predicted octanol–water partition coefficient (Wildman–Crippen LogP) is 0.639. The van der Waals surface area contributed by atoms with Crippen LogP contribution >= 0.6 is 0 Å². The summed E-state index contributed by atoms with van der Waals surface area (Å²) in [6.07, 6.45) is 5.22. The van der Waals surface area contributed by atoms with Gasteiger partial charge in [0.05, 0.1) is 5.56 Å². The molecule has 3 N–H and O–H groups in total. The van der Waals surface area contributed by atoms with E-state index >= 15 is 0 Å². The van der Waals surface area contributed by atoms with Crippen LogP contribution in [0, 0.1) is 0 Å². The molecule has 5 heteroatoms. The van der Waals surface area contributed by atoms with Crippen LogP contribution in [0.5, 0.6) is 0 Å². The standard InChI is InChI=1S/C12H16N2O3/c13-9-3-1-2-4-10(9)14-12(16)8-5-6-11(15)17-7-8/h5-7,9-10H,1-4,13H2,(H,14,16)/t9-,10-/m1/s1. The van der Waals surface area contributed by atoms with Crippen LogP contribution in [0.1, 0.15) is 36.0 Å². The van der Waals surface area contributed by atoms with Gasteiger partial charge in [-0.3, -0.25) is 4.79 Å². The van der Waals surface area contributed by atoms with Crippen molar-refractivity contribution in [2.45, 2.75) is 37.8 Å². The molecule has 0 unspecified atom stereocenters. The zero-order valence-electron chi connectivity index (χ0n) is 9.52. The van der Waals surface area contributed by atoms with Crippen LogP contribution < -0.4 is 16.7 Å². The second-order valence-electron chi connectivity index (χ2n) is 4.37. The number of nitrogens with two attached hydrogens (primary N) is 1. The Morgan fingerprint density at radius 2 is 2.12 bits per heavy atom. The second-order valence-corrected chi connectivity index (χ2v) is 4.37. The van der Waals surface area contributed by atoms with E-state index in [1.54, 1.807) is 0 Å². The van der Waals surface area contributed by atoms with E-state index in [0.29, 0.717) is 5.56 Å². The van der Waals surface area contributed by atoms with Crippen LogP contribution in [0.3, 0.4) is 0 Å². The first-order valence-corrected chi connectivity index (χ1v) is 5.82. The smallest absolute Gasteiger partial charge is 0.335 e. The molecule has 2 atom stereocenters. The first-order chi connectivity index (χ1) is 8.16. The fourth-order valence-corrected chi connectivity index (χ4v) is 2.08. The van der Waals surface area contributed by atoms with Crippen LogP contribution in [0.4, 0.5) is 0 Å². The van der Waals surface area contributed by atoms with Crippen LogP contribution in [0.2, 0.25) is 0 Å². The number of carbonyl (C=O) groups excluding carboxylic acids is 1. The number of hydrogen-bond acceptors (Lipinski definition) is 4. The molecule has 1 heterocycles. The number of hydrogen-bond donors (Lipinski definition) is 2. The van der Waals surface area contributed by atoms with E-state index in [9.17, 15) is 9.59 Å². The van der Waals surface area contributed by atoms with Gasteiger partial charge in [0, 0.05) is 18.2 Å². The van der Waals surface area contributed by atoms with E-state index < -0.39 is 5.63 Å². The quantitative estimate of drug-likeness (QED) is 0.789. The van der Waals surface area contributed by atoms with Crippen LogP contribution in [-0.4, -0.2) is 18.0 Å². The normalized spacial score (nSPS) is 24.3. The highest BCUT2D eigenvalue weighted by atomic mass is 16.4. The van der Waals surface area contributed by atoms with Crippen LogP contribution in [-0.2, 0) is 0 Å². The lowest BCUT2D eigenvalue weighted by atomic mass is 9.91. The summed E-state index contributed by atoms with van der Waals surface area (Å²) in [4.78, 5) is 22.6. The summed E-state index contributed by atoms with van der Waals surface area (Å²) in [5, 5.41) is 2.88. The summed E-state index contributed by atoms with van der Waals surface area (Å²) in [6.45, 7) is 0. The molecule has 1 amide bonds. The number of rotatable bonds is 2. The van der Waals surface area contributed by atoms with Crippen molar-refractivity contribution in [3.8, 4) is 0 Å². The molecule has 0 aliphatic heterocycles. The molecule has 2 rings (SSSR count). The molecule has 1 aliphatic rings. The third kappa shape index (κ3) is 2.94. The van der Waals surface area contributed by atoms with Gasteiger partial charge in [0.2, 0.25) is 0 Å². The molecule has 1 fully saturated rings. The molecular formula is C12H16N2O3. The van der Waals surface area contributed by atoms with Gasteiger partial charge in [0.1, 0.15) is 6.26 Å². The summed E-state index contributed by atoms with van der Waals surface area (Å²) in [6, 6.07) is 2.72. The van der Waals surface area contributed by atoms with Crippen molar-refractivity contribution in [1.29, 1.82) is 0 Å². The van der Waals surface area contributed by atoms with Crippen molar-refractivity contribution >= 4 is 5.91 Å². The van der Waals surface area contributed by atoms with Gasteiger partial charge in [0.15, 0.2) is 0 Å². The van der Waals surface area contributed by atoms with Gasteiger partial charge in [-0.15, -0.1) is 0 Å². The molecule has 1 aliphatic carbocycles. The SMILES string of the molecule is N[C@@H]1CCCC[C@H]1NC(=O)c1ccc(=O)oc1. The molecule has 5 nitrogen and oxygen atoms in total. The maximum absolute atomic E-state index is 11.8. The monoisotopic (exact) mass is 236 g/mol. The lowest BCUT2D eigenvalue weighted by Crippen LogP contribution is -2.49. The van der Waals surface area contributed by atoms with Crippen molar-refractivity contribution in [3.63, 3.8) is 0 Å². The van der Waals surface area contributed by atoms with Crippen molar-refractivity contribution in [2.24, 2.45) is 5.73 Å². The molecule has 0 radical (unpaired) electrons. The van der Waals surface area contributed by atoms with Crippen molar-refractivity contribution in [3.05, 3.63) is 34.4 Å². The fourth-order valence-electron chi connectivity index (χ4n) is 2.08. The Kier molecular flexibility index (Phi) is 3.58. The molecule has 1 saturated carbocycles. The Balaban J connectivity index is 2.01. The van der Waals surface area contributed by atoms with Crippen molar-refractivity contribution < 1.29 is 9.21 Å². The Labute approximate surface area is 99.0 Å². The summed E-state index contributed by atoms with van der Waals surface area (Å²) < 4.78 is 4.65. The van der Waals surface area contributed by atoms with Gasteiger partial charge in [-0.25, -0.2) is 4.79 Å². The number of nitrogens with one attached hydrogen (secondary N) is 1. The van der Waals surface area contributed by atoms with E-state index in [2.05, 4.69) is 9.73 Å². The van der Waals surface area contributed by atoms with Gasteiger partial charge < -0.3 is 15.5 Å². The highest BCUT2D eigenvalue weighted by Gasteiger charge is 2.23. The molecule has 0 saturated heterocycles. The van der Waals surface area contributed by atoms with Crippen molar-refractivity contribution in [2.75, 3.05) is 0 Å². The lowest BCUT2D eigenvalue weighted by Gasteiger charge is -2.29. The maximum Gasteiger partial charge on any atom is 0.335 e. The Bertz CT molecular complexity index is 435. The molecule has 92 valence electrons. The summed E-state index contributed by atoms with van der Waals surface area (Å²) in [5.74, 6) is -0.240. The van der Waals surface area contributed by atoms with Gasteiger partial charge in [0.25, 0.3) is 5.91 Å². The van der Waals surface area contributed by atoms with E-state index in [0.717, 1.165) is 25.7 Å². The van der Waals surface area contributed by atoms with Gasteiger partial charge >= 0.3 is 5.63 Å². The topological polar surface area (TPSA) is 85.3 Å². The predicted molar refractivity (Wildman–Crippen MR) is 62.7 cm³/mol. The first kappa shape index (κ1) is 11.9. The second kappa shape index (κ2) is 5.14. The van der Waals surface area contributed by atoms with Crippen LogP contribution in [0.25, 0.3) is 0 Å². The molecule has 17 heavy (non-hydrogen) atoms. The molecule has 0 aromatic carbocycles. The summed E-state index contributed by atoms with van der Waals surface area (Å²) in [7, 11) is 0. The fraction of sp³-hybridized carbons (Fsp3) is 0.500. The van der Waals surface area contributed by atoms with E-state index in [1.165, 1.54) is 18.4 Å². The summed E-state index contributed by atoms with van der Waals surface area (Å²) >= 11 is 0. The molecule has 0 bridgehead atoms. The minimum atomic E-state index is -0.462. The minimum absolute atomic E-state index is 0.0168. The Hall–Kier alpha value is -1.62. The van der Waals surface area contributed by atoms with E-state index in [-0.39, 0.29) is 18.0 Å². The van der Waals surface area contributed by atoms with E-state index in [1.807, 2.05) is 0 Å². The highest BCUT2D eigenvalue weighted by Crippen LogP contribution is 2.17. The Morgan fingerprint density at radius 3 is 2.76 bits per heavy atom. The van der Waals surface area contributed by atoms with Gasteiger partial charge in [-0.1, -0.05) is 12.8 Å². The zero-order chi connectivity index (χ0) is 12.3. The number of amides is 1. The maximum atomic E-state index is 11.8. The van der Waals surface area contributed by atoms with E-state index in [4.69, 9.17) is 5.73 Å². The summed E-state index contributed by atoms with van der Waals surface area (Å²) in [5.41, 5.74) is 5.83. The minimum Gasteiger partial charge on any atom is -0.430 e. The molecule has 1 aromatic heterocycles. The van der Waals surface area contributed by atoms with Gasteiger partial charge in [-0.2, -0.15) is 0 Å². The molecule has 1 aromatic rings. The largest absolute Gasteiger partial charge is 0.430 e. The third-order valence-corrected chi connectivity index (χ3v) is 3.10. The lowest BCUT2D eigenvalue weighted by molar-refractivity contribution is 0.0919. The zero-order valence-corrected chi connectivity index (χ0v) is 9.52. The Morgan fingerprint density at radius 1 is 1.35 bits per heavy atom. The average molecular weight is 236 g/mol. The average Bonchev–Trinajstić information content (AvgIpc) is 2.33. The molecule has 0 spiro atoms.